The van der Waals surface area contributed by atoms with Crippen molar-refractivity contribution in [1.82, 2.24) is 0 Å². The zero-order chi connectivity index (χ0) is 16.1. The number of anilines is 3. The standard InChI is InChI=1S/C17H18ClN3O2/c18-13-2-1-3-15(12-13)20-17(22)19-14-4-6-16(7-5-14)21-8-10-23-11-9-21/h1-7,12H,8-11H2,(H2,19,20,22). The summed E-state index contributed by atoms with van der Waals surface area (Å²) < 4.78 is 5.35. The van der Waals surface area contributed by atoms with Crippen LogP contribution in [0.3, 0.4) is 0 Å². The maximum absolute atomic E-state index is 12.0. The molecule has 1 aliphatic rings. The summed E-state index contributed by atoms with van der Waals surface area (Å²) in [7, 11) is 0. The van der Waals surface area contributed by atoms with Gasteiger partial charge in [-0.05, 0) is 42.5 Å². The topological polar surface area (TPSA) is 53.6 Å². The molecule has 6 heteroatoms. The number of carbonyl (C=O) groups is 1. The van der Waals surface area contributed by atoms with Crippen LogP contribution < -0.4 is 15.5 Å². The van der Waals surface area contributed by atoms with E-state index in [1.165, 1.54) is 0 Å². The number of carbonyl (C=O) groups excluding carboxylic acids is 1. The van der Waals surface area contributed by atoms with Gasteiger partial charge in [-0.3, -0.25) is 0 Å². The average molecular weight is 332 g/mol. The van der Waals surface area contributed by atoms with E-state index in [1.54, 1.807) is 24.3 Å². The Hall–Kier alpha value is -2.24. The van der Waals surface area contributed by atoms with Crippen molar-refractivity contribution >= 4 is 34.7 Å². The highest BCUT2D eigenvalue weighted by molar-refractivity contribution is 6.30. The van der Waals surface area contributed by atoms with Gasteiger partial charge in [0, 0.05) is 35.2 Å². The summed E-state index contributed by atoms with van der Waals surface area (Å²) in [6.45, 7) is 3.29. The second-order valence-corrected chi connectivity index (χ2v) is 5.67. The molecule has 0 bridgehead atoms. The van der Waals surface area contributed by atoms with Gasteiger partial charge >= 0.3 is 6.03 Å². The number of rotatable bonds is 3. The lowest BCUT2D eigenvalue weighted by Gasteiger charge is -2.28. The highest BCUT2D eigenvalue weighted by atomic mass is 35.5. The van der Waals surface area contributed by atoms with Gasteiger partial charge in [0.15, 0.2) is 0 Å². The molecule has 2 N–H and O–H groups in total. The zero-order valence-electron chi connectivity index (χ0n) is 12.6. The van der Waals surface area contributed by atoms with Gasteiger partial charge in [0.2, 0.25) is 0 Å². The van der Waals surface area contributed by atoms with Crippen LogP contribution in [0.4, 0.5) is 21.9 Å². The maximum atomic E-state index is 12.0. The molecule has 2 amide bonds. The van der Waals surface area contributed by atoms with Gasteiger partial charge in [0.25, 0.3) is 0 Å². The minimum absolute atomic E-state index is 0.300. The molecule has 1 saturated heterocycles. The molecule has 0 aliphatic carbocycles. The molecule has 1 heterocycles. The summed E-state index contributed by atoms with van der Waals surface area (Å²) in [6, 6.07) is 14.5. The molecule has 1 aliphatic heterocycles. The van der Waals surface area contributed by atoms with E-state index in [9.17, 15) is 4.79 Å². The fraction of sp³-hybridized carbons (Fsp3) is 0.235. The molecule has 0 radical (unpaired) electrons. The van der Waals surface area contributed by atoms with Crippen LogP contribution in [0.25, 0.3) is 0 Å². The first-order valence-corrected chi connectivity index (χ1v) is 7.85. The number of morpholine rings is 1. The van der Waals surface area contributed by atoms with Crippen molar-refractivity contribution in [3.8, 4) is 0 Å². The van der Waals surface area contributed by atoms with Crippen molar-refractivity contribution in [2.24, 2.45) is 0 Å². The maximum Gasteiger partial charge on any atom is 0.323 e. The second-order valence-electron chi connectivity index (χ2n) is 5.24. The van der Waals surface area contributed by atoms with Crippen molar-refractivity contribution in [1.29, 1.82) is 0 Å². The Labute approximate surface area is 140 Å². The Morgan fingerprint density at radius 3 is 2.39 bits per heavy atom. The lowest BCUT2D eigenvalue weighted by Crippen LogP contribution is -2.36. The van der Waals surface area contributed by atoms with Gasteiger partial charge in [-0.25, -0.2) is 4.79 Å². The minimum atomic E-state index is -0.300. The molecule has 0 atom stereocenters. The van der Waals surface area contributed by atoms with Gasteiger partial charge in [-0.1, -0.05) is 17.7 Å². The highest BCUT2D eigenvalue weighted by Gasteiger charge is 2.11. The van der Waals surface area contributed by atoms with Crippen LogP contribution in [0, 0.1) is 0 Å². The van der Waals surface area contributed by atoms with Gasteiger partial charge < -0.3 is 20.3 Å². The Morgan fingerprint density at radius 1 is 1.00 bits per heavy atom. The quantitative estimate of drug-likeness (QED) is 0.899. The van der Waals surface area contributed by atoms with Crippen LogP contribution in [0.1, 0.15) is 0 Å². The van der Waals surface area contributed by atoms with E-state index in [4.69, 9.17) is 16.3 Å². The van der Waals surface area contributed by atoms with E-state index in [-0.39, 0.29) is 6.03 Å². The number of benzene rings is 2. The zero-order valence-corrected chi connectivity index (χ0v) is 13.3. The molecule has 5 nitrogen and oxygen atoms in total. The van der Waals surface area contributed by atoms with Crippen LogP contribution in [-0.4, -0.2) is 32.3 Å². The largest absolute Gasteiger partial charge is 0.378 e. The van der Waals surface area contributed by atoms with E-state index < -0.39 is 0 Å². The van der Waals surface area contributed by atoms with E-state index in [2.05, 4.69) is 15.5 Å². The van der Waals surface area contributed by atoms with Crippen LogP contribution in [0.15, 0.2) is 48.5 Å². The van der Waals surface area contributed by atoms with E-state index >= 15 is 0 Å². The van der Waals surface area contributed by atoms with Gasteiger partial charge in [0.05, 0.1) is 13.2 Å². The summed E-state index contributed by atoms with van der Waals surface area (Å²) in [5.74, 6) is 0. The summed E-state index contributed by atoms with van der Waals surface area (Å²) in [5, 5.41) is 6.13. The number of halogens is 1. The molecule has 3 rings (SSSR count). The number of hydrogen-bond donors (Lipinski definition) is 2. The number of urea groups is 1. The second kappa shape index (κ2) is 7.35. The molecule has 2 aromatic rings. The lowest BCUT2D eigenvalue weighted by molar-refractivity contribution is 0.122. The van der Waals surface area contributed by atoms with Crippen LogP contribution in [0.2, 0.25) is 5.02 Å². The minimum Gasteiger partial charge on any atom is -0.378 e. The highest BCUT2D eigenvalue weighted by Crippen LogP contribution is 2.19. The predicted octanol–water partition coefficient (Wildman–Crippen LogP) is 3.82. The lowest BCUT2D eigenvalue weighted by atomic mass is 10.2. The van der Waals surface area contributed by atoms with E-state index in [0.717, 1.165) is 37.7 Å². The molecule has 1 fully saturated rings. The van der Waals surface area contributed by atoms with E-state index in [0.29, 0.717) is 10.7 Å². The molecule has 0 spiro atoms. The van der Waals surface area contributed by atoms with Crippen LogP contribution in [0.5, 0.6) is 0 Å². The smallest absolute Gasteiger partial charge is 0.323 e. The number of ether oxygens (including phenoxy) is 1. The normalized spacial score (nSPS) is 14.4. The summed E-state index contributed by atoms with van der Waals surface area (Å²) >= 11 is 5.89. The van der Waals surface area contributed by atoms with Gasteiger partial charge in [-0.2, -0.15) is 0 Å². The van der Waals surface area contributed by atoms with Crippen molar-refractivity contribution in [3.05, 3.63) is 53.6 Å². The third kappa shape index (κ3) is 4.37. The number of nitrogens with zero attached hydrogens (tertiary/aromatic N) is 1. The van der Waals surface area contributed by atoms with Gasteiger partial charge in [-0.15, -0.1) is 0 Å². The fourth-order valence-corrected chi connectivity index (χ4v) is 2.63. The molecule has 0 saturated carbocycles. The number of nitrogens with one attached hydrogen (secondary N) is 2. The predicted molar refractivity (Wildman–Crippen MR) is 93.6 cm³/mol. The summed E-state index contributed by atoms with van der Waals surface area (Å²) in [6.07, 6.45) is 0. The van der Waals surface area contributed by atoms with Crippen LogP contribution >= 0.6 is 11.6 Å². The molecule has 0 unspecified atom stereocenters. The first-order valence-electron chi connectivity index (χ1n) is 7.47. The fourth-order valence-electron chi connectivity index (χ4n) is 2.44. The molecular weight excluding hydrogens is 314 g/mol. The Kier molecular flexibility index (Phi) is 5.00. The number of amides is 2. The number of hydrogen-bond acceptors (Lipinski definition) is 3. The van der Waals surface area contributed by atoms with Crippen LogP contribution in [-0.2, 0) is 4.74 Å². The Morgan fingerprint density at radius 2 is 1.70 bits per heavy atom. The Bertz CT molecular complexity index is 670. The SMILES string of the molecule is O=C(Nc1ccc(N2CCOCC2)cc1)Nc1cccc(Cl)c1. The molecule has 2 aromatic carbocycles. The van der Waals surface area contributed by atoms with Gasteiger partial charge in [0.1, 0.15) is 0 Å². The Balaban J connectivity index is 1.58. The molecule has 0 aromatic heterocycles. The van der Waals surface area contributed by atoms with E-state index in [1.807, 2.05) is 24.3 Å². The molecular formula is C17H18ClN3O2. The summed E-state index contributed by atoms with van der Waals surface area (Å²) in [5.41, 5.74) is 2.52. The summed E-state index contributed by atoms with van der Waals surface area (Å²) in [4.78, 5) is 14.3. The first kappa shape index (κ1) is 15.6. The monoisotopic (exact) mass is 331 g/mol. The average Bonchev–Trinajstić information content (AvgIpc) is 2.56. The first-order chi connectivity index (χ1) is 11.2. The molecule has 120 valence electrons. The third-order valence-electron chi connectivity index (χ3n) is 3.58. The van der Waals surface area contributed by atoms with Crippen molar-refractivity contribution in [2.45, 2.75) is 0 Å². The van der Waals surface area contributed by atoms with Crippen molar-refractivity contribution < 1.29 is 9.53 Å². The molecule has 23 heavy (non-hydrogen) atoms. The van der Waals surface area contributed by atoms with Crippen molar-refractivity contribution in [3.63, 3.8) is 0 Å². The third-order valence-corrected chi connectivity index (χ3v) is 3.82. The van der Waals surface area contributed by atoms with Crippen molar-refractivity contribution in [2.75, 3.05) is 41.8 Å².